The van der Waals surface area contributed by atoms with Gasteiger partial charge in [-0.15, -0.1) is 0 Å². The molecule has 7 nitrogen and oxygen atoms in total. The van der Waals surface area contributed by atoms with E-state index in [0.717, 1.165) is 31.2 Å². The van der Waals surface area contributed by atoms with E-state index >= 15 is 0 Å². The molecule has 186 valence electrons. The smallest absolute Gasteiger partial charge is 0.243 e. The molecule has 0 spiro atoms. The van der Waals surface area contributed by atoms with E-state index < -0.39 is 29.8 Å². The maximum absolute atomic E-state index is 13.9. The van der Waals surface area contributed by atoms with Crippen molar-refractivity contribution in [2.75, 3.05) is 20.2 Å². The highest BCUT2D eigenvalue weighted by atomic mass is 16.3. The van der Waals surface area contributed by atoms with Crippen LogP contribution < -0.4 is 10.6 Å². The standard InChI is InChI=1S/C27H39N3O4/c1-4-6-10-15-29-26(33)24-21-14-13-19(5-2)22(25(32)28-3)23(21)27(34)30(24)20(17-31)16-18-11-8-7-9-12-18/h7-9,11-14,19-24,31H,4-6,10,15-17H2,1-3H3,(H,28,32)(H,29,33)/t19-,20-,21+,22-,23-,24+/m1/s1. The molecule has 6 atom stereocenters. The Hall–Kier alpha value is -2.67. The fraction of sp³-hybridized carbons (Fsp3) is 0.593. The van der Waals surface area contributed by atoms with E-state index in [1.165, 1.54) is 0 Å². The average Bonchev–Trinajstić information content (AvgIpc) is 3.16. The summed E-state index contributed by atoms with van der Waals surface area (Å²) in [5.74, 6) is -2.23. The number of nitrogens with zero attached hydrogens (tertiary/aromatic N) is 1. The van der Waals surface area contributed by atoms with Gasteiger partial charge in [0.05, 0.1) is 24.5 Å². The molecule has 3 amide bonds. The monoisotopic (exact) mass is 469 g/mol. The van der Waals surface area contributed by atoms with Crippen LogP contribution in [0, 0.1) is 23.7 Å². The first-order chi connectivity index (χ1) is 16.5. The van der Waals surface area contributed by atoms with E-state index in [-0.39, 0.29) is 30.2 Å². The summed E-state index contributed by atoms with van der Waals surface area (Å²) in [5.41, 5.74) is 0.983. The van der Waals surface area contributed by atoms with Crippen molar-refractivity contribution in [2.24, 2.45) is 23.7 Å². The molecule has 0 bridgehead atoms. The molecule has 0 unspecified atom stereocenters. The van der Waals surface area contributed by atoms with Gasteiger partial charge in [-0.25, -0.2) is 0 Å². The zero-order chi connectivity index (χ0) is 24.7. The molecule has 3 rings (SSSR count). The number of fused-ring (bicyclic) bond motifs is 1. The van der Waals surface area contributed by atoms with E-state index in [1.54, 1.807) is 11.9 Å². The van der Waals surface area contributed by atoms with Crippen molar-refractivity contribution in [3.05, 3.63) is 48.0 Å². The lowest BCUT2D eigenvalue weighted by atomic mass is 9.69. The molecule has 1 fully saturated rings. The highest BCUT2D eigenvalue weighted by Gasteiger charge is 2.58. The minimum atomic E-state index is -0.749. The number of allylic oxidation sites excluding steroid dienone is 1. The molecule has 1 aromatic carbocycles. The molecule has 0 aromatic heterocycles. The third kappa shape index (κ3) is 5.35. The van der Waals surface area contributed by atoms with E-state index in [1.807, 2.05) is 49.4 Å². The second-order valence-corrected chi connectivity index (χ2v) is 9.41. The molecule has 1 aliphatic carbocycles. The third-order valence-corrected chi connectivity index (χ3v) is 7.33. The van der Waals surface area contributed by atoms with E-state index in [0.29, 0.717) is 13.0 Å². The SMILES string of the molecule is CCCCCNC(=O)[C@@H]1[C@H]2C=C[C@@H](CC)[C@@H](C(=O)NC)[C@@H]2C(=O)N1[C@@H](CO)Cc1ccccc1. The van der Waals surface area contributed by atoms with Gasteiger partial charge in [-0.3, -0.25) is 14.4 Å². The number of hydrogen-bond acceptors (Lipinski definition) is 4. The number of nitrogens with one attached hydrogen (secondary N) is 2. The van der Waals surface area contributed by atoms with Crippen molar-refractivity contribution in [1.82, 2.24) is 15.5 Å². The lowest BCUT2D eigenvalue weighted by Crippen LogP contribution is -2.53. The van der Waals surface area contributed by atoms with Gasteiger partial charge in [0.1, 0.15) is 6.04 Å². The Bertz CT molecular complexity index is 872. The molecule has 0 saturated carbocycles. The zero-order valence-electron chi connectivity index (χ0n) is 20.6. The van der Waals surface area contributed by atoms with Crippen LogP contribution in [-0.2, 0) is 20.8 Å². The molecule has 2 aliphatic rings. The predicted octanol–water partition coefficient (Wildman–Crippen LogP) is 2.30. The summed E-state index contributed by atoms with van der Waals surface area (Å²) in [5, 5.41) is 16.1. The van der Waals surface area contributed by atoms with E-state index in [4.69, 9.17) is 0 Å². The lowest BCUT2D eigenvalue weighted by Gasteiger charge is -2.34. The number of rotatable bonds is 11. The topological polar surface area (TPSA) is 98.7 Å². The molecular weight excluding hydrogens is 430 g/mol. The molecule has 1 aliphatic heterocycles. The van der Waals surface area contributed by atoms with Gasteiger partial charge in [0.25, 0.3) is 0 Å². The quantitative estimate of drug-likeness (QED) is 0.342. The van der Waals surface area contributed by atoms with Crippen LogP contribution in [0.1, 0.15) is 45.1 Å². The Morgan fingerprint density at radius 1 is 1.09 bits per heavy atom. The zero-order valence-corrected chi connectivity index (χ0v) is 20.6. The van der Waals surface area contributed by atoms with E-state index in [2.05, 4.69) is 17.6 Å². The lowest BCUT2D eigenvalue weighted by molar-refractivity contribution is -0.143. The number of hydrogen-bond donors (Lipinski definition) is 3. The molecule has 3 N–H and O–H groups in total. The number of benzene rings is 1. The normalized spacial score (nSPS) is 26.8. The van der Waals surface area contributed by atoms with Crippen molar-refractivity contribution in [1.29, 1.82) is 0 Å². The number of aliphatic hydroxyl groups excluding tert-OH is 1. The molecule has 7 heteroatoms. The molecular formula is C27H39N3O4. The number of amides is 3. The molecule has 34 heavy (non-hydrogen) atoms. The Balaban J connectivity index is 1.97. The summed E-state index contributed by atoms with van der Waals surface area (Å²) < 4.78 is 0. The van der Waals surface area contributed by atoms with E-state index in [9.17, 15) is 19.5 Å². The minimum absolute atomic E-state index is 0.0694. The van der Waals surface area contributed by atoms with Crippen LogP contribution in [0.3, 0.4) is 0 Å². The highest BCUT2D eigenvalue weighted by molar-refractivity contribution is 5.97. The largest absolute Gasteiger partial charge is 0.394 e. The summed E-state index contributed by atoms with van der Waals surface area (Å²) in [6.45, 7) is 4.40. The first kappa shape index (κ1) is 25.9. The van der Waals surface area contributed by atoms with Crippen LogP contribution in [0.5, 0.6) is 0 Å². The number of likely N-dealkylation sites (tertiary alicyclic amines) is 1. The van der Waals surface area contributed by atoms with Crippen molar-refractivity contribution in [2.45, 2.75) is 58.0 Å². The van der Waals surface area contributed by atoms with Gasteiger partial charge < -0.3 is 20.6 Å². The fourth-order valence-electron chi connectivity index (χ4n) is 5.58. The number of carbonyl (C=O) groups is 3. The van der Waals surface area contributed by atoms with Crippen LogP contribution >= 0.6 is 0 Å². The number of carbonyl (C=O) groups excluding carboxylic acids is 3. The summed E-state index contributed by atoms with van der Waals surface area (Å²) in [7, 11) is 1.59. The third-order valence-electron chi connectivity index (χ3n) is 7.33. The van der Waals surface area contributed by atoms with Crippen molar-refractivity contribution < 1.29 is 19.5 Å². The highest BCUT2D eigenvalue weighted by Crippen LogP contribution is 2.45. The van der Waals surface area contributed by atoms with Crippen molar-refractivity contribution in [3.8, 4) is 0 Å². The first-order valence-electron chi connectivity index (χ1n) is 12.6. The van der Waals surface area contributed by atoms with Crippen molar-refractivity contribution in [3.63, 3.8) is 0 Å². The summed E-state index contributed by atoms with van der Waals surface area (Å²) in [4.78, 5) is 41.9. The summed E-state index contributed by atoms with van der Waals surface area (Å²) in [6.07, 6.45) is 8.07. The molecule has 0 radical (unpaired) electrons. The fourth-order valence-corrected chi connectivity index (χ4v) is 5.58. The maximum atomic E-state index is 13.9. The van der Waals surface area contributed by atoms with Gasteiger partial charge in [-0.1, -0.05) is 69.2 Å². The second kappa shape index (κ2) is 12.2. The van der Waals surface area contributed by atoms with Crippen LogP contribution in [0.15, 0.2) is 42.5 Å². The maximum Gasteiger partial charge on any atom is 0.243 e. The Labute approximate surface area is 203 Å². The van der Waals surface area contributed by atoms with Gasteiger partial charge in [-0.2, -0.15) is 0 Å². The second-order valence-electron chi connectivity index (χ2n) is 9.41. The Kier molecular flexibility index (Phi) is 9.28. The average molecular weight is 470 g/mol. The van der Waals surface area contributed by atoms with Gasteiger partial charge in [0.2, 0.25) is 17.7 Å². The molecule has 1 saturated heterocycles. The Morgan fingerprint density at radius 2 is 1.82 bits per heavy atom. The predicted molar refractivity (Wildman–Crippen MR) is 132 cm³/mol. The van der Waals surface area contributed by atoms with Gasteiger partial charge in [0, 0.05) is 19.5 Å². The molecule has 1 heterocycles. The number of unbranched alkanes of at least 4 members (excludes halogenated alkanes) is 2. The number of aliphatic hydroxyl groups is 1. The first-order valence-corrected chi connectivity index (χ1v) is 12.6. The van der Waals surface area contributed by atoms with Crippen LogP contribution in [0.4, 0.5) is 0 Å². The Morgan fingerprint density at radius 3 is 2.44 bits per heavy atom. The van der Waals surface area contributed by atoms with Gasteiger partial charge in [0.15, 0.2) is 0 Å². The van der Waals surface area contributed by atoms with Crippen molar-refractivity contribution >= 4 is 17.7 Å². The van der Waals surface area contributed by atoms with Gasteiger partial charge >= 0.3 is 0 Å². The van der Waals surface area contributed by atoms with Gasteiger partial charge in [-0.05, 0) is 30.7 Å². The minimum Gasteiger partial charge on any atom is -0.394 e. The van der Waals surface area contributed by atoms with Crippen LogP contribution in [0.25, 0.3) is 0 Å². The van der Waals surface area contributed by atoms with Crippen LogP contribution in [-0.4, -0.2) is 60.0 Å². The summed E-state index contributed by atoms with van der Waals surface area (Å²) in [6, 6.07) is 8.37. The van der Waals surface area contributed by atoms with Crippen LogP contribution in [0.2, 0.25) is 0 Å². The molecule has 1 aromatic rings. The summed E-state index contributed by atoms with van der Waals surface area (Å²) >= 11 is 0.